The lowest BCUT2D eigenvalue weighted by molar-refractivity contribution is -0.136. The number of carbonyl (C=O) groups is 1. The minimum Gasteiger partial charge on any atom is -0.386 e. The van der Waals surface area contributed by atoms with Gasteiger partial charge in [-0.25, -0.2) is 0 Å². The molecule has 0 spiro atoms. The first-order chi connectivity index (χ1) is 4.46. The average molecular weight is 146 g/mol. The van der Waals surface area contributed by atoms with Crippen LogP contribution < -0.4 is 0 Å². The van der Waals surface area contributed by atoms with Gasteiger partial charge in [0.1, 0.15) is 12.2 Å². The van der Waals surface area contributed by atoms with E-state index in [1.165, 1.54) is 6.92 Å². The van der Waals surface area contributed by atoms with Gasteiger partial charge in [-0.05, 0) is 12.8 Å². The van der Waals surface area contributed by atoms with Crippen LogP contribution in [-0.4, -0.2) is 28.2 Å². The first-order valence-electron chi connectivity index (χ1n) is 3.36. The Balaban J connectivity index is 3.95. The van der Waals surface area contributed by atoms with Crippen molar-refractivity contribution in [3.05, 3.63) is 0 Å². The monoisotopic (exact) mass is 146 g/mol. The van der Waals surface area contributed by atoms with Gasteiger partial charge in [0.15, 0.2) is 5.78 Å². The van der Waals surface area contributed by atoms with E-state index >= 15 is 0 Å². The van der Waals surface area contributed by atoms with Crippen LogP contribution in [-0.2, 0) is 4.79 Å². The number of hydrogen-bond donors (Lipinski definition) is 2. The maximum atomic E-state index is 10.8. The molecule has 0 aliphatic carbocycles. The highest BCUT2D eigenvalue weighted by Crippen LogP contribution is 2.04. The van der Waals surface area contributed by atoms with Crippen LogP contribution in [0.1, 0.15) is 20.8 Å². The number of Topliss-reactive ketones (excluding diaryl/α,β-unsaturated/α-hetero) is 1. The summed E-state index contributed by atoms with van der Waals surface area (Å²) in [6.45, 7) is 4.81. The van der Waals surface area contributed by atoms with E-state index in [0.717, 1.165) is 0 Å². The number of carbonyl (C=O) groups excluding carboxylic acids is 1. The Hall–Kier alpha value is -0.410. The van der Waals surface area contributed by atoms with E-state index in [4.69, 9.17) is 10.2 Å². The number of hydrogen-bond acceptors (Lipinski definition) is 3. The summed E-state index contributed by atoms with van der Waals surface area (Å²) in [6, 6.07) is 0. The summed E-state index contributed by atoms with van der Waals surface area (Å²) < 4.78 is 0. The molecule has 2 unspecified atom stereocenters. The van der Waals surface area contributed by atoms with Crippen LogP contribution >= 0.6 is 0 Å². The van der Waals surface area contributed by atoms with E-state index < -0.39 is 18.0 Å². The number of rotatable bonds is 3. The molecular weight excluding hydrogens is 132 g/mol. The quantitative estimate of drug-likeness (QED) is 0.587. The second-order valence-electron chi connectivity index (χ2n) is 2.77. The number of aliphatic hydroxyl groups is 2. The fraction of sp³-hybridized carbons (Fsp3) is 0.857. The summed E-state index contributed by atoms with van der Waals surface area (Å²) in [6.07, 6.45) is -2.09. The molecule has 0 heterocycles. The van der Waals surface area contributed by atoms with Crippen LogP contribution in [0, 0.1) is 5.92 Å². The maximum Gasteiger partial charge on any atom is 0.189 e. The van der Waals surface area contributed by atoms with Gasteiger partial charge in [-0.3, -0.25) is 4.79 Å². The molecule has 0 radical (unpaired) electrons. The largest absolute Gasteiger partial charge is 0.386 e. The molecule has 3 heteroatoms. The van der Waals surface area contributed by atoms with E-state index in [0.29, 0.717) is 0 Å². The van der Waals surface area contributed by atoms with Crippen LogP contribution in [0.15, 0.2) is 0 Å². The van der Waals surface area contributed by atoms with Crippen molar-refractivity contribution < 1.29 is 15.0 Å². The second kappa shape index (κ2) is 3.68. The predicted octanol–water partition coefficient (Wildman–Crippen LogP) is -0.0468. The third kappa shape index (κ3) is 2.45. The smallest absolute Gasteiger partial charge is 0.189 e. The van der Waals surface area contributed by atoms with Gasteiger partial charge in [-0.2, -0.15) is 0 Å². The third-order valence-corrected chi connectivity index (χ3v) is 1.33. The SMILES string of the molecule is CC(O)C(=O)C(O)C(C)C. The molecule has 0 saturated heterocycles. The molecule has 0 amide bonds. The minimum absolute atomic E-state index is 0.123. The molecule has 10 heavy (non-hydrogen) atoms. The molecule has 0 aliphatic rings. The fourth-order valence-corrected chi connectivity index (χ4v) is 0.576. The van der Waals surface area contributed by atoms with Gasteiger partial charge in [0.25, 0.3) is 0 Å². The minimum atomic E-state index is -1.06. The van der Waals surface area contributed by atoms with Crippen LogP contribution in [0.3, 0.4) is 0 Å². The lowest BCUT2D eigenvalue weighted by atomic mass is 10.0. The molecule has 0 aromatic carbocycles. The molecule has 0 bridgehead atoms. The molecule has 0 saturated carbocycles. The molecule has 3 nitrogen and oxygen atoms in total. The summed E-state index contributed by atoms with van der Waals surface area (Å²) in [5.41, 5.74) is 0. The Morgan fingerprint density at radius 2 is 1.60 bits per heavy atom. The molecule has 0 aromatic heterocycles. The molecule has 0 aromatic rings. The van der Waals surface area contributed by atoms with Gasteiger partial charge < -0.3 is 10.2 Å². The van der Waals surface area contributed by atoms with Gasteiger partial charge in [0.2, 0.25) is 0 Å². The average Bonchev–Trinajstić information content (AvgIpc) is 1.84. The summed E-state index contributed by atoms with van der Waals surface area (Å²) >= 11 is 0. The molecule has 0 aliphatic heterocycles. The molecular formula is C7H14O3. The number of aliphatic hydroxyl groups excluding tert-OH is 2. The first-order valence-corrected chi connectivity index (χ1v) is 3.36. The predicted molar refractivity (Wildman–Crippen MR) is 37.5 cm³/mol. The van der Waals surface area contributed by atoms with Gasteiger partial charge in [-0.15, -0.1) is 0 Å². The number of ketones is 1. The van der Waals surface area contributed by atoms with Gasteiger partial charge in [0, 0.05) is 0 Å². The van der Waals surface area contributed by atoms with E-state index in [2.05, 4.69) is 0 Å². The highest BCUT2D eigenvalue weighted by atomic mass is 16.3. The van der Waals surface area contributed by atoms with E-state index in [9.17, 15) is 4.79 Å². The highest BCUT2D eigenvalue weighted by Gasteiger charge is 2.22. The molecule has 0 rings (SSSR count). The Morgan fingerprint density at radius 3 is 1.70 bits per heavy atom. The second-order valence-corrected chi connectivity index (χ2v) is 2.77. The van der Waals surface area contributed by atoms with Crippen molar-refractivity contribution in [3.8, 4) is 0 Å². The van der Waals surface area contributed by atoms with Crippen molar-refractivity contribution in [3.63, 3.8) is 0 Å². The molecule has 0 fully saturated rings. The van der Waals surface area contributed by atoms with Gasteiger partial charge in [0.05, 0.1) is 0 Å². The van der Waals surface area contributed by atoms with Crippen molar-refractivity contribution in [2.75, 3.05) is 0 Å². The summed E-state index contributed by atoms with van der Waals surface area (Å²) in [7, 11) is 0. The normalized spacial score (nSPS) is 17.0. The Kier molecular flexibility index (Phi) is 3.53. The fourth-order valence-electron chi connectivity index (χ4n) is 0.576. The van der Waals surface area contributed by atoms with Crippen LogP contribution in [0.5, 0.6) is 0 Å². The van der Waals surface area contributed by atoms with E-state index in [1.807, 2.05) is 0 Å². The maximum absolute atomic E-state index is 10.8. The van der Waals surface area contributed by atoms with E-state index in [-0.39, 0.29) is 5.92 Å². The zero-order chi connectivity index (χ0) is 8.31. The first kappa shape index (κ1) is 9.59. The zero-order valence-electron chi connectivity index (χ0n) is 6.53. The van der Waals surface area contributed by atoms with E-state index in [1.54, 1.807) is 13.8 Å². The van der Waals surface area contributed by atoms with Crippen LogP contribution in [0.25, 0.3) is 0 Å². The lowest BCUT2D eigenvalue weighted by Gasteiger charge is -2.13. The Labute approximate surface area is 60.7 Å². The Bertz CT molecular complexity index is 118. The van der Waals surface area contributed by atoms with Crippen molar-refractivity contribution in [2.24, 2.45) is 5.92 Å². The van der Waals surface area contributed by atoms with Crippen molar-refractivity contribution in [1.82, 2.24) is 0 Å². The van der Waals surface area contributed by atoms with Crippen LogP contribution in [0.4, 0.5) is 0 Å². The van der Waals surface area contributed by atoms with Crippen LogP contribution in [0.2, 0.25) is 0 Å². The summed E-state index contributed by atoms with van der Waals surface area (Å²) in [5, 5.41) is 17.8. The van der Waals surface area contributed by atoms with Gasteiger partial charge in [-0.1, -0.05) is 13.8 Å². The van der Waals surface area contributed by atoms with Gasteiger partial charge >= 0.3 is 0 Å². The summed E-state index contributed by atoms with van der Waals surface area (Å²) in [4.78, 5) is 10.8. The Morgan fingerprint density at radius 1 is 1.20 bits per heavy atom. The molecule has 60 valence electrons. The van der Waals surface area contributed by atoms with Crippen molar-refractivity contribution in [1.29, 1.82) is 0 Å². The standard InChI is InChI=1S/C7H14O3/c1-4(2)6(9)7(10)5(3)8/h4-6,8-9H,1-3H3. The third-order valence-electron chi connectivity index (χ3n) is 1.33. The molecule has 2 atom stereocenters. The van der Waals surface area contributed by atoms with Crippen molar-refractivity contribution in [2.45, 2.75) is 33.0 Å². The molecule has 2 N–H and O–H groups in total. The summed E-state index contributed by atoms with van der Waals surface area (Å²) in [5.74, 6) is -0.628. The lowest BCUT2D eigenvalue weighted by Crippen LogP contribution is -2.33. The van der Waals surface area contributed by atoms with Crippen molar-refractivity contribution >= 4 is 5.78 Å². The topological polar surface area (TPSA) is 57.5 Å². The zero-order valence-corrected chi connectivity index (χ0v) is 6.53. The highest BCUT2D eigenvalue weighted by molar-refractivity contribution is 5.86.